The van der Waals surface area contributed by atoms with Gasteiger partial charge in [-0.25, -0.2) is 9.18 Å². The van der Waals surface area contributed by atoms with Crippen LogP contribution in [-0.2, 0) is 4.74 Å². The van der Waals surface area contributed by atoms with Crippen LogP contribution in [0.2, 0.25) is 0 Å². The molecule has 0 aromatic rings. The number of rotatable bonds is 3. The molecule has 4 nitrogen and oxygen atoms in total. The lowest BCUT2D eigenvalue weighted by Gasteiger charge is -2.09. The Hall–Kier alpha value is -0.840. The molecule has 1 amide bonds. The molecule has 5 heteroatoms. The molecule has 0 radical (unpaired) electrons. The van der Waals surface area contributed by atoms with E-state index in [0.29, 0.717) is 0 Å². The van der Waals surface area contributed by atoms with Crippen LogP contribution < -0.4 is 5.32 Å². The van der Waals surface area contributed by atoms with Crippen molar-refractivity contribution in [2.45, 2.75) is 6.23 Å². The topological polar surface area (TPSA) is 58.6 Å². The number of carbonyl (C=O) groups is 1. The van der Waals surface area contributed by atoms with E-state index in [-0.39, 0.29) is 0 Å². The van der Waals surface area contributed by atoms with E-state index in [9.17, 15) is 9.18 Å². The molecule has 1 atom stereocenters. The number of hydrogen-bond donors (Lipinski definition) is 2. The second-order valence-electron chi connectivity index (χ2n) is 1.33. The van der Waals surface area contributed by atoms with Gasteiger partial charge in [0.1, 0.15) is 6.67 Å². The first-order chi connectivity index (χ1) is 4.20. The second-order valence-corrected chi connectivity index (χ2v) is 1.33. The Kier molecular flexibility index (Phi) is 3.70. The second kappa shape index (κ2) is 4.08. The zero-order valence-corrected chi connectivity index (χ0v) is 4.93. The molecule has 0 aromatic heterocycles. The molecule has 0 rings (SSSR count). The highest BCUT2D eigenvalue weighted by molar-refractivity contribution is 5.64. The number of amides is 1. The van der Waals surface area contributed by atoms with E-state index in [2.05, 4.69) is 4.74 Å². The third kappa shape index (κ3) is 3.72. The molecule has 0 aromatic carbocycles. The van der Waals surface area contributed by atoms with E-state index >= 15 is 0 Å². The summed E-state index contributed by atoms with van der Waals surface area (Å²) in [4.78, 5) is 9.77. The highest BCUT2D eigenvalue weighted by Gasteiger charge is 2.07. The Morgan fingerprint density at radius 2 is 2.56 bits per heavy atom. The molecule has 0 aliphatic rings. The van der Waals surface area contributed by atoms with Crippen molar-refractivity contribution < 1.29 is 19.0 Å². The first-order valence-electron chi connectivity index (χ1n) is 2.29. The van der Waals surface area contributed by atoms with Crippen LogP contribution in [0.25, 0.3) is 0 Å². The summed E-state index contributed by atoms with van der Waals surface area (Å²) < 4.78 is 15.9. The van der Waals surface area contributed by atoms with Crippen LogP contribution in [-0.4, -0.2) is 31.2 Å². The van der Waals surface area contributed by atoms with Crippen molar-refractivity contribution in [1.29, 1.82) is 0 Å². The van der Waals surface area contributed by atoms with Crippen molar-refractivity contribution in [2.75, 3.05) is 13.8 Å². The van der Waals surface area contributed by atoms with Gasteiger partial charge in [-0.2, -0.15) is 0 Å². The largest absolute Gasteiger partial charge is 0.465 e. The predicted molar refractivity (Wildman–Crippen MR) is 27.9 cm³/mol. The van der Waals surface area contributed by atoms with Crippen LogP contribution in [0, 0.1) is 0 Å². The van der Waals surface area contributed by atoms with Crippen LogP contribution >= 0.6 is 0 Å². The number of ether oxygens (including phenoxy) is 1. The van der Waals surface area contributed by atoms with Crippen LogP contribution in [0.1, 0.15) is 0 Å². The number of halogens is 1. The SMILES string of the molecule is COC(CF)NC(=O)O. The zero-order chi connectivity index (χ0) is 7.28. The number of methoxy groups -OCH3 is 1. The van der Waals surface area contributed by atoms with Crippen molar-refractivity contribution in [3.8, 4) is 0 Å². The van der Waals surface area contributed by atoms with E-state index in [1.165, 1.54) is 7.11 Å². The van der Waals surface area contributed by atoms with Gasteiger partial charge in [0.15, 0.2) is 6.23 Å². The molecule has 0 saturated heterocycles. The molecule has 0 bridgehead atoms. The van der Waals surface area contributed by atoms with Crippen molar-refractivity contribution >= 4 is 6.09 Å². The van der Waals surface area contributed by atoms with Gasteiger partial charge >= 0.3 is 6.09 Å². The quantitative estimate of drug-likeness (QED) is 0.546. The van der Waals surface area contributed by atoms with Crippen LogP contribution in [0.15, 0.2) is 0 Å². The Balaban J connectivity index is 3.43. The lowest BCUT2D eigenvalue weighted by Crippen LogP contribution is -2.36. The Morgan fingerprint density at radius 1 is 2.00 bits per heavy atom. The van der Waals surface area contributed by atoms with Gasteiger partial charge in [0.05, 0.1) is 0 Å². The Labute approximate surface area is 51.6 Å². The summed E-state index contributed by atoms with van der Waals surface area (Å²) >= 11 is 0. The van der Waals surface area contributed by atoms with Crippen molar-refractivity contribution in [3.05, 3.63) is 0 Å². The third-order valence-corrected chi connectivity index (χ3v) is 0.709. The van der Waals surface area contributed by atoms with Crippen LogP contribution in [0.5, 0.6) is 0 Å². The summed E-state index contributed by atoms with van der Waals surface area (Å²) in [7, 11) is 1.22. The van der Waals surface area contributed by atoms with Gasteiger partial charge < -0.3 is 9.84 Å². The molecule has 1 unspecified atom stereocenters. The fourth-order valence-electron chi connectivity index (χ4n) is 0.298. The lowest BCUT2D eigenvalue weighted by atomic mass is 10.6. The normalized spacial score (nSPS) is 12.7. The van der Waals surface area contributed by atoms with Gasteiger partial charge in [0.2, 0.25) is 0 Å². The van der Waals surface area contributed by atoms with Crippen molar-refractivity contribution in [1.82, 2.24) is 5.32 Å². The van der Waals surface area contributed by atoms with Gasteiger partial charge in [0.25, 0.3) is 0 Å². The van der Waals surface area contributed by atoms with E-state index < -0.39 is 19.0 Å². The minimum absolute atomic E-state index is 0.858. The first-order valence-corrected chi connectivity index (χ1v) is 2.29. The van der Waals surface area contributed by atoms with Gasteiger partial charge in [0, 0.05) is 7.11 Å². The molecule has 54 valence electrons. The maximum absolute atomic E-state index is 11.6. The van der Waals surface area contributed by atoms with Crippen LogP contribution in [0.3, 0.4) is 0 Å². The molecular formula is C4H8FNO3. The molecule has 9 heavy (non-hydrogen) atoms. The summed E-state index contributed by atoms with van der Waals surface area (Å²) in [6.07, 6.45) is -2.33. The minimum Gasteiger partial charge on any atom is -0.465 e. The van der Waals surface area contributed by atoms with E-state index in [0.717, 1.165) is 0 Å². The van der Waals surface area contributed by atoms with E-state index in [1.807, 2.05) is 0 Å². The van der Waals surface area contributed by atoms with Crippen molar-refractivity contribution in [2.24, 2.45) is 0 Å². The van der Waals surface area contributed by atoms with Gasteiger partial charge in [-0.05, 0) is 0 Å². The van der Waals surface area contributed by atoms with E-state index in [1.54, 1.807) is 5.32 Å². The maximum atomic E-state index is 11.6. The Morgan fingerprint density at radius 3 is 2.67 bits per heavy atom. The van der Waals surface area contributed by atoms with Gasteiger partial charge in [-0.3, -0.25) is 5.32 Å². The monoisotopic (exact) mass is 137 g/mol. The highest BCUT2D eigenvalue weighted by Crippen LogP contribution is 1.84. The number of carboxylic acid groups (broad SMARTS) is 1. The molecule has 0 heterocycles. The summed E-state index contributed by atoms with van der Waals surface area (Å²) in [6.45, 7) is -0.858. The molecule has 0 aliphatic heterocycles. The summed E-state index contributed by atoms with van der Waals surface area (Å²) in [5.74, 6) is 0. The van der Waals surface area contributed by atoms with Crippen LogP contribution in [0.4, 0.5) is 9.18 Å². The minimum atomic E-state index is -1.29. The molecule has 0 aliphatic carbocycles. The average molecular weight is 137 g/mol. The predicted octanol–water partition coefficient (Wildman–Crippen LogP) is 0.196. The third-order valence-electron chi connectivity index (χ3n) is 0.709. The number of nitrogens with one attached hydrogen (secondary N) is 1. The highest BCUT2D eigenvalue weighted by atomic mass is 19.1. The van der Waals surface area contributed by atoms with Gasteiger partial charge in [-0.1, -0.05) is 0 Å². The standard InChI is InChI=1S/C4H8FNO3/c1-9-3(2-5)6-4(7)8/h3,6H,2H2,1H3,(H,7,8). The number of hydrogen-bond acceptors (Lipinski definition) is 2. The smallest absolute Gasteiger partial charge is 0.406 e. The average Bonchev–Trinajstić information content (AvgIpc) is 1.82. The summed E-state index contributed by atoms with van der Waals surface area (Å²) in [5.41, 5.74) is 0. The zero-order valence-electron chi connectivity index (χ0n) is 4.93. The lowest BCUT2D eigenvalue weighted by molar-refractivity contribution is 0.0526. The van der Waals surface area contributed by atoms with Crippen molar-refractivity contribution in [3.63, 3.8) is 0 Å². The molecular weight excluding hydrogens is 129 g/mol. The summed E-state index contributed by atoms with van der Waals surface area (Å²) in [5, 5.41) is 9.79. The fourth-order valence-corrected chi connectivity index (χ4v) is 0.298. The van der Waals surface area contributed by atoms with E-state index in [4.69, 9.17) is 5.11 Å². The summed E-state index contributed by atoms with van der Waals surface area (Å²) in [6, 6.07) is 0. The number of alkyl halides is 1. The first kappa shape index (κ1) is 8.16. The molecule has 0 spiro atoms. The Bertz CT molecular complexity index is 93.8. The molecule has 0 saturated carbocycles. The maximum Gasteiger partial charge on any atom is 0.406 e. The van der Waals surface area contributed by atoms with Gasteiger partial charge in [-0.15, -0.1) is 0 Å². The molecule has 2 N–H and O–H groups in total. The fraction of sp³-hybridized carbons (Fsp3) is 0.750. The molecule has 0 fully saturated rings.